The smallest absolute Gasteiger partial charge is 0.409 e. The minimum Gasteiger partial charge on any atom is -0.450 e. The maximum absolute atomic E-state index is 13.3. The van der Waals surface area contributed by atoms with Crippen molar-refractivity contribution < 1.29 is 13.9 Å². The van der Waals surface area contributed by atoms with Gasteiger partial charge in [0.05, 0.1) is 17.6 Å². The Labute approximate surface area is 163 Å². The highest BCUT2D eigenvalue weighted by Crippen LogP contribution is 2.31. The number of para-hydroxylation sites is 2. The summed E-state index contributed by atoms with van der Waals surface area (Å²) in [7, 11) is 0. The molecule has 0 atom stereocenters. The molecule has 28 heavy (non-hydrogen) atoms. The fourth-order valence-electron chi connectivity index (χ4n) is 3.88. The van der Waals surface area contributed by atoms with E-state index in [4.69, 9.17) is 9.72 Å². The Balaban J connectivity index is 1.60. The highest BCUT2D eigenvalue weighted by Gasteiger charge is 2.28. The van der Waals surface area contributed by atoms with Gasteiger partial charge in [-0.1, -0.05) is 24.3 Å². The van der Waals surface area contributed by atoms with Gasteiger partial charge >= 0.3 is 6.09 Å². The van der Waals surface area contributed by atoms with Crippen LogP contribution in [0.5, 0.6) is 0 Å². The topological polar surface area (TPSA) is 47.4 Å². The Kier molecular flexibility index (Phi) is 5.28. The van der Waals surface area contributed by atoms with Crippen molar-refractivity contribution in [2.24, 2.45) is 0 Å². The molecule has 1 aliphatic heterocycles. The lowest BCUT2D eigenvalue weighted by Gasteiger charge is -2.31. The van der Waals surface area contributed by atoms with Gasteiger partial charge in [0.15, 0.2) is 0 Å². The van der Waals surface area contributed by atoms with Gasteiger partial charge in [-0.2, -0.15) is 0 Å². The highest BCUT2D eigenvalue weighted by atomic mass is 19.1. The number of rotatable bonds is 4. The molecule has 1 aliphatic rings. The first-order valence-corrected chi connectivity index (χ1v) is 9.77. The van der Waals surface area contributed by atoms with Gasteiger partial charge in [-0.05, 0) is 49.6 Å². The van der Waals surface area contributed by atoms with Gasteiger partial charge in [-0.3, -0.25) is 0 Å². The second-order valence-corrected chi connectivity index (χ2v) is 7.13. The number of hydrogen-bond donors (Lipinski definition) is 0. The predicted octanol–water partition coefficient (Wildman–Crippen LogP) is 4.56. The number of benzene rings is 2. The second kappa shape index (κ2) is 8.00. The van der Waals surface area contributed by atoms with Crippen LogP contribution in [0.4, 0.5) is 9.18 Å². The predicted molar refractivity (Wildman–Crippen MR) is 106 cm³/mol. The summed E-state index contributed by atoms with van der Waals surface area (Å²) in [6.07, 6.45) is 1.47. The number of fused-ring (bicyclic) bond motifs is 1. The third-order valence-electron chi connectivity index (χ3n) is 5.32. The molecule has 0 unspecified atom stereocenters. The number of ether oxygens (including phenoxy) is 1. The molecule has 146 valence electrons. The maximum atomic E-state index is 13.3. The number of imidazole rings is 1. The summed E-state index contributed by atoms with van der Waals surface area (Å²) in [5.74, 6) is 1.08. The van der Waals surface area contributed by atoms with E-state index >= 15 is 0 Å². The minimum atomic E-state index is -0.235. The van der Waals surface area contributed by atoms with Crippen molar-refractivity contribution in [1.29, 1.82) is 0 Å². The van der Waals surface area contributed by atoms with Crippen molar-refractivity contribution in [3.8, 4) is 0 Å². The van der Waals surface area contributed by atoms with Crippen molar-refractivity contribution in [3.05, 3.63) is 65.7 Å². The first-order chi connectivity index (χ1) is 13.7. The van der Waals surface area contributed by atoms with Gasteiger partial charge in [0.25, 0.3) is 0 Å². The normalized spacial score (nSPS) is 15.1. The number of amides is 1. The molecule has 2 aromatic carbocycles. The van der Waals surface area contributed by atoms with E-state index in [-0.39, 0.29) is 17.8 Å². The maximum Gasteiger partial charge on any atom is 0.409 e. The van der Waals surface area contributed by atoms with Crippen LogP contribution in [0.25, 0.3) is 11.0 Å². The monoisotopic (exact) mass is 381 g/mol. The van der Waals surface area contributed by atoms with E-state index in [1.165, 1.54) is 12.1 Å². The first-order valence-electron chi connectivity index (χ1n) is 9.77. The quantitative estimate of drug-likeness (QED) is 0.666. The molecule has 0 bridgehead atoms. The fraction of sp³-hybridized carbons (Fsp3) is 0.364. The molecule has 1 saturated heterocycles. The van der Waals surface area contributed by atoms with Gasteiger partial charge in [0, 0.05) is 25.6 Å². The number of nitrogens with zero attached hydrogens (tertiary/aromatic N) is 3. The van der Waals surface area contributed by atoms with Crippen LogP contribution in [-0.2, 0) is 11.3 Å². The zero-order valence-electron chi connectivity index (χ0n) is 16.0. The molecule has 5 nitrogen and oxygen atoms in total. The fourth-order valence-corrected chi connectivity index (χ4v) is 3.88. The van der Waals surface area contributed by atoms with E-state index in [0.717, 1.165) is 35.3 Å². The SMILES string of the molecule is CCOC(=O)N1CCC(c2nc3ccccc3n2Cc2ccc(F)cc2)CC1. The average Bonchev–Trinajstić information content (AvgIpc) is 3.08. The lowest BCUT2D eigenvalue weighted by Crippen LogP contribution is -2.38. The highest BCUT2D eigenvalue weighted by molar-refractivity contribution is 5.76. The van der Waals surface area contributed by atoms with E-state index in [0.29, 0.717) is 26.2 Å². The van der Waals surface area contributed by atoms with Crippen LogP contribution >= 0.6 is 0 Å². The van der Waals surface area contributed by atoms with Crippen LogP contribution in [-0.4, -0.2) is 40.2 Å². The van der Waals surface area contributed by atoms with Gasteiger partial charge in [0.2, 0.25) is 0 Å². The van der Waals surface area contributed by atoms with Crippen LogP contribution < -0.4 is 0 Å². The molecular formula is C22H24FN3O2. The zero-order chi connectivity index (χ0) is 19.5. The van der Waals surface area contributed by atoms with Crippen LogP contribution in [0.2, 0.25) is 0 Å². The van der Waals surface area contributed by atoms with Gasteiger partial charge < -0.3 is 14.2 Å². The standard InChI is InChI=1S/C22H24FN3O2/c1-2-28-22(27)25-13-11-17(12-14-25)21-24-19-5-3-4-6-20(19)26(21)15-16-7-9-18(23)10-8-16/h3-10,17H,2,11-15H2,1H3. The Morgan fingerprint density at radius 3 is 2.57 bits per heavy atom. The minimum absolute atomic E-state index is 0.231. The molecule has 0 spiro atoms. The second-order valence-electron chi connectivity index (χ2n) is 7.13. The Hall–Kier alpha value is -2.89. The van der Waals surface area contributed by atoms with Gasteiger partial charge in [-0.25, -0.2) is 14.2 Å². The summed E-state index contributed by atoms with van der Waals surface area (Å²) < 4.78 is 20.6. The molecular weight excluding hydrogens is 357 g/mol. The van der Waals surface area contributed by atoms with E-state index in [9.17, 15) is 9.18 Å². The third-order valence-corrected chi connectivity index (χ3v) is 5.32. The number of piperidine rings is 1. The molecule has 4 rings (SSSR count). The van der Waals surface area contributed by atoms with Crippen molar-refractivity contribution in [3.63, 3.8) is 0 Å². The summed E-state index contributed by atoms with van der Waals surface area (Å²) in [5.41, 5.74) is 3.08. The molecule has 0 radical (unpaired) electrons. The van der Waals surface area contributed by atoms with Crippen LogP contribution in [0, 0.1) is 5.82 Å². The molecule has 2 heterocycles. The van der Waals surface area contributed by atoms with Crippen molar-refractivity contribution in [1.82, 2.24) is 14.5 Å². The van der Waals surface area contributed by atoms with E-state index < -0.39 is 0 Å². The number of carbonyl (C=O) groups excluding carboxylic acids is 1. The molecule has 1 aromatic heterocycles. The van der Waals surface area contributed by atoms with E-state index in [2.05, 4.69) is 10.6 Å². The van der Waals surface area contributed by atoms with Crippen molar-refractivity contribution >= 4 is 17.1 Å². The number of carbonyl (C=O) groups is 1. The number of aromatic nitrogens is 2. The molecule has 0 N–H and O–H groups in total. The number of likely N-dealkylation sites (tertiary alicyclic amines) is 1. The lowest BCUT2D eigenvalue weighted by molar-refractivity contribution is 0.0964. The Morgan fingerprint density at radius 2 is 1.86 bits per heavy atom. The van der Waals surface area contributed by atoms with Crippen molar-refractivity contribution in [2.45, 2.75) is 32.2 Å². The van der Waals surface area contributed by atoms with Crippen LogP contribution in [0.15, 0.2) is 48.5 Å². The zero-order valence-corrected chi connectivity index (χ0v) is 16.0. The average molecular weight is 381 g/mol. The first kappa shape index (κ1) is 18.5. The summed E-state index contributed by atoms with van der Waals surface area (Å²) >= 11 is 0. The Bertz CT molecular complexity index is 960. The molecule has 3 aromatic rings. The summed E-state index contributed by atoms with van der Waals surface area (Å²) in [6.45, 7) is 4.20. The van der Waals surface area contributed by atoms with Gasteiger partial charge in [-0.15, -0.1) is 0 Å². The number of hydrogen-bond acceptors (Lipinski definition) is 3. The van der Waals surface area contributed by atoms with E-state index in [1.807, 2.05) is 37.3 Å². The summed E-state index contributed by atoms with van der Waals surface area (Å²) in [6, 6.07) is 14.7. The largest absolute Gasteiger partial charge is 0.450 e. The Morgan fingerprint density at radius 1 is 1.14 bits per heavy atom. The molecule has 0 saturated carbocycles. The molecule has 0 aliphatic carbocycles. The van der Waals surface area contributed by atoms with Gasteiger partial charge in [0.1, 0.15) is 11.6 Å². The number of halogens is 1. The molecule has 6 heteroatoms. The summed E-state index contributed by atoms with van der Waals surface area (Å²) in [5, 5.41) is 0. The van der Waals surface area contributed by atoms with Crippen LogP contribution in [0.3, 0.4) is 0 Å². The third kappa shape index (κ3) is 3.72. The van der Waals surface area contributed by atoms with Crippen LogP contribution in [0.1, 0.15) is 37.1 Å². The molecule has 1 amide bonds. The summed E-state index contributed by atoms with van der Waals surface area (Å²) in [4.78, 5) is 18.7. The van der Waals surface area contributed by atoms with E-state index in [1.54, 1.807) is 4.90 Å². The molecule has 1 fully saturated rings. The lowest BCUT2D eigenvalue weighted by atomic mass is 9.96. The van der Waals surface area contributed by atoms with Crippen molar-refractivity contribution in [2.75, 3.05) is 19.7 Å².